The summed E-state index contributed by atoms with van der Waals surface area (Å²) in [7, 11) is 1.61. The minimum atomic E-state index is -0.388. The third kappa shape index (κ3) is 3.78. The predicted octanol–water partition coefficient (Wildman–Crippen LogP) is 4.89. The van der Waals surface area contributed by atoms with Gasteiger partial charge in [-0.05, 0) is 52.4 Å². The molecule has 27 heavy (non-hydrogen) atoms. The number of ether oxygens (including phenoxy) is 1. The van der Waals surface area contributed by atoms with Crippen molar-refractivity contribution in [1.82, 2.24) is 4.98 Å². The lowest BCUT2D eigenvalue weighted by Crippen LogP contribution is -2.13. The zero-order valence-electron chi connectivity index (χ0n) is 16.0. The Bertz CT molecular complexity index is 1050. The van der Waals surface area contributed by atoms with Crippen LogP contribution in [0.15, 0.2) is 59.4 Å². The van der Waals surface area contributed by atoms with Gasteiger partial charge in [0.25, 0.3) is 5.56 Å². The van der Waals surface area contributed by atoms with Crippen LogP contribution in [0.3, 0.4) is 0 Å². The molecule has 1 N–H and O–H groups in total. The van der Waals surface area contributed by atoms with Crippen LogP contribution < -0.4 is 10.3 Å². The molecule has 136 valence electrons. The van der Waals surface area contributed by atoms with E-state index in [0.717, 1.165) is 16.9 Å². The van der Waals surface area contributed by atoms with Crippen molar-refractivity contribution < 1.29 is 4.74 Å². The van der Waals surface area contributed by atoms with Gasteiger partial charge in [0.15, 0.2) is 0 Å². The van der Waals surface area contributed by atoms with Crippen LogP contribution in [-0.4, -0.2) is 12.1 Å². The van der Waals surface area contributed by atoms with Crippen LogP contribution in [0, 0.1) is 11.3 Å². The highest BCUT2D eigenvalue weighted by molar-refractivity contribution is 5.75. The molecule has 4 heteroatoms. The summed E-state index contributed by atoms with van der Waals surface area (Å²) in [5, 5.41) is 9.49. The summed E-state index contributed by atoms with van der Waals surface area (Å²) in [4.78, 5) is 15.3. The Kier molecular flexibility index (Phi) is 4.87. The number of hydrogen-bond acceptors (Lipinski definition) is 3. The SMILES string of the molecule is COc1ccc(-c2cc(-c3ccc(C(C)(C)C)cc3)c(C#N)c(=O)[nH]2)cc1. The molecule has 0 saturated carbocycles. The summed E-state index contributed by atoms with van der Waals surface area (Å²) in [6.07, 6.45) is 0. The van der Waals surface area contributed by atoms with E-state index in [2.05, 4.69) is 25.8 Å². The monoisotopic (exact) mass is 358 g/mol. The van der Waals surface area contributed by atoms with Crippen molar-refractivity contribution in [1.29, 1.82) is 5.26 Å². The lowest BCUT2D eigenvalue weighted by molar-refractivity contribution is 0.415. The Morgan fingerprint density at radius 1 is 0.963 bits per heavy atom. The first-order valence-corrected chi connectivity index (χ1v) is 8.76. The maximum atomic E-state index is 12.5. The highest BCUT2D eigenvalue weighted by atomic mass is 16.5. The van der Waals surface area contributed by atoms with E-state index in [-0.39, 0.29) is 16.5 Å². The van der Waals surface area contributed by atoms with Crippen LogP contribution in [0.25, 0.3) is 22.4 Å². The number of hydrogen-bond donors (Lipinski definition) is 1. The van der Waals surface area contributed by atoms with E-state index in [4.69, 9.17) is 4.74 Å². The third-order valence-electron chi connectivity index (χ3n) is 4.61. The molecule has 0 aliphatic carbocycles. The van der Waals surface area contributed by atoms with Gasteiger partial charge in [-0.1, -0.05) is 45.0 Å². The van der Waals surface area contributed by atoms with Crippen LogP contribution in [0.4, 0.5) is 0 Å². The fourth-order valence-corrected chi connectivity index (χ4v) is 2.97. The number of aromatic nitrogens is 1. The first-order chi connectivity index (χ1) is 12.8. The zero-order valence-corrected chi connectivity index (χ0v) is 16.0. The van der Waals surface area contributed by atoms with E-state index in [1.54, 1.807) is 7.11 Å². The van der Waals surface area contributed by atoms with E-state index < -0.39 is 0 Å². The number of methoxy groups -OCH3 is 1. The molecular weight excluding hydrogens is 336 g/mol. The van der Waals surface area contributed by atoms with E-state index >= 15 is 0 Å². The molecule has 0 bridgehead atoms. The van der Waals surface area contributed by atoms with Crippen molar-refractivity contribution in [2.24, 2.45) is 0 Å². The Balaban J connectivity index is 2.12. The standard InChI is InChI=1S/C23H22N2O2/c1-23(2,3)17-9-5-15(6-10-17)19-13-21(25-22(26)20(19)14-24)16-7-11-18(27-4)12-8-16/h5-13H,1-4H3,(H,25,26). The minimum Gasteiger partial charge on any atom is -0.497 e. The molecule has 3 rings (SSSR count). The van der Waals surface area contributed by atoms with Gasteiger partial charge >= 0.3 is 0 Å². The number of rotatable bonds is 3. The van der Waals surface area contributed by atoms with Gasteiger partial charge in [0.05, 0.1) is 7.11 Å². The molecule has 0 radical (unpaired) electrons. The van der Waals surface area contributed by atoms with Crippen LogP contribution in [0.1, 0.15) is 31.9 Å². The first-order valence-electron chi connectivity index (χ1n) is 8.76. The molecule has 0 spiro atoms. The van der Waals surface area contributed by atoms with Crippen molar-refractivity contribution in [3.8, 4) is 34.2 Å². The minimum absolute atomic E-state index is 0.0407. The van der Waals surface area contributed by atoms with Gasteiger partial charge in [-0.15, -0.1) is 0 Å². The van der Waals surface area contributed by atoms with Crippen molar-refractivity contribution >= 4 is 0 Å². The third-order valence-corrected chi connectivity index (χ3v) is 4.61. The van der Waals surface area contributed by atoms with Crippen molar-refractivity contribution in [3.05, 3.63) is 76.1 Å². The number of nitrogens with one attached hydrogen (secondary N) is 1. The second-order valence-electron chi connectivity index (χ2n) is 7.47. The largest absolute Gasteiger partial charge is 0.497 e. The van der Waals surface area contributed by atoms with E-state index in [1.165, 1.54) is 5.56 Å². The Morgan fingerprint density at radius 3 is 2.07 bits per heavy atom. The van der Waals surface area contributed by atoms with Crippen LogP contribution in [0.5, 0.6) is 5.75 Å². The molecule has 4 nitrogen and oxygen atoms in total. The number of nitrogens with zero attached hydrogens (tertiary/aromatic N) is 1. The maximum Gasteiger partial charge on any atom is 0.266 e. The van der Waals surface area contributed by atoms with E-state index in [9.17, 15) is 10.1 Å². The smallest absolute Gasteiger partial charge is 0.266 e. The van der Waals surface area contributed by atoms with Gasteiger partial charge in [0.1, 0.15) is 17.4 Å². The van der Waals surface area contributed by atoms with Gasteiger partial charge in [-0.2, -0.15) is 5.26 Å². The normalized spacial score (nSPS) is 11.1. The van der Waals surface area contributed by atoms with Gasteiger partial charge in [0, 0.05) is 11.3 Å². The Hall–Kier alpha value is -3.32. The molecule has 0 saturated heterocycles. The van der Waals surface area contributed by atoms with Crippen LogP contribution in [0.2, 0.25) is 0 Å². The fourth-order valence-electron chi connectivity index (χ4n) is 2.97. The summed E-state index contributed by atoms with van der Waals surface area (Å²) >= 11 is 0. The van der Waals surface area contributed by atoms with E-state index in [0.29, 0.717) is 11.3 Å². The van der Waals surface area contributed by atoms with Crippen molar-refractivity contribution in [2.45, 2.75) is 26.2 Å². The lowest BCUT2D eigenvalue weighted by atomic mass is 9.86. The summed E-state index contributed by atoms with van der Waals surface area (Å²) in [5.41, 5.74) is 3.97. The van der Waals surface area contributed by atoms with Crippen molar-refractivity contribution in [2.75, 3.05) is 7.11 Å². The van der Waals surface area contributed by atoms with Gasteiger partial charge in [-0.3, -0.25) is 4.79 Å². The van der Waals surface area contributed by atoms with E-state index in [1.807, 2.05) is 60.7 Å². The summed E-state index contributed by atoms with van der Waals surface area (Å²) in [5.74, 6) is 0.743. The Morgan fingerprint density at radius 2 is 1.56 bits per heavy atom. The molecule has 0 fully saturated rings. The van der Waals surface area contributed by atoms with Crippen LogP contribution >= 0.6 is 0 Å². The molecule has 1 heterocycles. The molecule has 0 unspecified atom stereocenters. The summed E-state index contributed by atoms with van der Waals surface area (Å²) in [6.45, 7) is 6.45. The molecule has 0 aliphatic rings. The molecule has 0 aliphatic heterocycles. The molecule has 0 amide bonds. The van der Waals surface area contributed by atoms with Gasteiger partial charge < -0.3 is 9.72 Å². The molecule has 3 aromatic rings. The van der Waals surface area contributed by atoms with Crippen molar-refractivity contribution in [3.63, 3.8) is 0 Å². The summed E-state index contributed by atoms with van der Waals surface area (Å²) < 4.78 is 5.18. The number of benzene rings is 2. The molecule has 1 aromatic heterocycles. The van der Waals surface area contributed by atoms with Gasteiger partial charge in [-0.25, -0.2) is 0 Å². The number of aromatic amines is 1. The highest BCUT2D eigenvalue weighted by Crippen LogP contribution is 2.29. The zero-order chi connectivity index (χ0) is 19.6. The summed E-state index contributed by atoms with van der Waals surface area (Å²) in [6, 6.07) is 19.3. The Labute approximate surface area is 159 Å². The van der Waals surface area contributed by atoms with Crippen LogP contribution in [-0.2, 0) is 5.41 Å². The lowest BCUT2D eigenvalue weighted by Gasteiger charge is -2.19. The predicted molar refractivity (Wildman–Crippen MR) is 108 cm³/mol. The fraction of sp³-hybridized carbons (Fsp3) is 0.217. The highest BCUT2D eigenvalue weighted by Gasteiger charge is 2.16. The second-order valence-corrected chi connectivity index (χ2v) is 7.47. The topological polar surface area (TPSA) is 65.9 Å². The molecular formula is C23H22N2O2. The molecule has 0 atom stereocenters. The first kappa shape index (κ1) is 18.5. The maximum absolute atomic E-state index is 12.5. The quantitative estimate of drug-likeness (QED) is 0.725. The average molecular weight is 358 g/mol. The number of H-pyrrole nitrogens is 1. The number of nitriles is 1. The number of pyridine rings is 1. The second kappa shape index (κ2) is 7.13. The van der Waals surface area contributed by atoms with Gasteiger partial charge in [0.2, 0.25) is 0 Å². The molecule has 2 aromatic carbocycles. The average Bonchev–Trinajstić information content (AvgIpc) is 2.67.